The smallest absolute Gasteiger partial charge is 0.128 e. The number of hydrogen-bond donors (Lipinski definition) is 1. The van der Waals surface area contributed by atoms with Gasteiger partial charge in [-0.15, -0.1) is 0 Å². The molecule has 2 aromatic rings. The van der Waals surface area contributed by atoms with Gasteiger partial charge in [-0.2, -0.15) is 0 Å². The fourth-order valence-corrected chi connectivity index (χ4v) is 2.08. The zero-order chi connectivity index (χ0) is 14.5. The van der Waals surface area contributed by atoms with Crippen LogP contribution in [0.25, 0.3) is 0 Å². The predicted molar refractivity (Wildman–Crippen MR) is 81.6 cm³/mol. The Morgan fingerprint density at radius 1 is 1.25 bits per heavy atom. The average Bonchev–Trinajstić information content (AvgIpc) is 2.45. The molecule has 0 aliphatic heterocycles. The standard InChI is InChI=1S/C16H20FN3/c1-4-15(12-6-5-7-13(17)10-12)19-14-8-9-16(18-11-14)20(2)3/h5-11,15,19H,4H2,1-3H3. The van der Waals surface area contributed by atoms with Gasteiger partial charge in [0.15, 0.2) is 0 Å². The lowest BCUT2D eigenvalue weighted by Crippen LogP contribution is -2.12. The number of rotatable bonds is 5. The molecule has 3 nitrogen and oxygen atoms in total. The molecule has 0 fully saturated rings. The summed E-state index contributed by atoms with van der Waals surface area (Å²) < 4.78 is 13.3. The molecule has 0 bridgehead atoms. The Hall–Kier alpha value is -2.10. The number of nitrogens with one attached hydrogen (secondary N) is 1. The summed E-state index contributed by atoms with van der Waals surface area (Å²) in [5.74, 6) is 0.707. The largest absolute Gasteiger partial charge is 0.377 e. The van der Waals surface area contributed by atoms with Gasteiger partial charge in [0.1, 0.15) is 11.6 Å². The number of halogens is 1. The third kappa shape index (κ3) is 3.47. The Balaban J connectivity index is 2.14. The van der Waals surface area contributed by atoms with Crippen molar-refractivity contribution in [3.63, 3.8) is 0 Å². The summed E-state index contributed by atoms with van der Waals surface area (Å²) in [4.78, 5) is 6.32. The number of pyridine rings is 1. The SMILES string of the molecule is CCC(Nc1ccc(N(C)C)nc1)c1cccc(F)c1. The van der Waals surface area contributed by atoms with Gasteiger partial charge in [-0.25, -0.2) is 9.37 Å². The number of hydrogen-bond acceptors (Lipinski definition) is 3. The van der Waals surface area contributed by atoms with Crippen LogP contribution in [0, 0.1) is 5.82 Å². The van der Waals surface area contributed by atoms with Crippen molar-refractivity contribution >= 4 is 11.5 Å². The average molecular weight is 273 g/mol. The van der Waals surface area contributed by atoms with Crippen LogP contribution in [0.4, 0.5) is 15.9 Å². The molecule has 0 aliphatic carbocycles. The van der Waals surface area contributed by atoms with E-state index in [1.165, 1.54) is 6.07 Å². The molecule has 0 amide bonds. The zero-order valence-electron chi connectivity index (χ0n) is 12.1. The van der Waals surface area contributed by atoms with Crippen LogP contribution in [0.3, 0.4) is 0 Å². The number of benzene rings is 1. The molecule has 2 rings (SSSR count). The number of anilines is 2. The van der Waals surface area contributed by atoms with Crippen molar-refractivity contribution in [3.8, 4) is 0 Å². The van der Waals surface area contributed by atoms with Crippen LogP contribution in [0.5, 0.6) is 0 Å². The lowest BCUT2D eigenvalue weighted by molar-refractivity contribution is 0.621. The summed E-state index contributed by atoms with van der Waals surface area (Å²) in [5, 5.41) is 3.39. The summed E-state index contributed by atoms with van der Waals surface area (Å²) in [6.07, 6.45) is 2.68. The molecule has 20 heavy (non-hydrogen) atoms. The van der Waals surface area contributed by atoms with Crippen molar-refractivity contribution in [3.05, 3.63) is 54.0 Å². The van der Waals surface area contributed by atoms with E-state index in [9.17, 15) is 4.39 Å². The molecule has 1 aromatic heterocycles. The van der Waals surface area contributed by atoms with Crippen molar-refractivity contribution in [2.75, 3.05) is 24.3 Å². The minimum Gasteiger partial charge on any atom is -0.377 e. The van der Waals surface area contributed by atoms with Crippen LogP contribution in [0.1, 0.15) is 24.9 Å². The third-order valence-electron chi connectivity index (χ3n) is 3.21. The maximum atomic E-state index is 13.3. The van der Waals surface area contributed by atoms with Gasteiger partial charge in [-0.05, 0) is 36.2 Å². The second-order valence-corrected chi connectivity index (χ2v) is 4.96. The Labute approximate surface area is 119 Å². The van der Waals surface area contributed by atoms with Crippen LogP contribution in [0.15, 0.2) is 42.6 Å². The van der Waals surface area contributed by atoms with E-state index in [1.807, 2.05) is 37.2 Å². The van der Waals surface area contributed by atoms with Crippen LogP contribution >= 0.6 is 0 Å². The van der Waals surface area contributed by atoms with Gasteiger partial charge >= 0.3 is 0 Å². The van der Waals surface area contributed by atoms with Gasteiger partial charge < -0.3 is 10.2 Å². The fourth-order valence-electron chi connectivity index (χ4n) is 2.08. The molecule has 1 heterocycles. The van der Waals surface area contributed by atoms with E-state index in [-0.39, 0.29) is 11.9 Å². The first-order chi connectivity index (χ1) is 9.60. The Bertz CT molecular complexity index is 552. The van der Waals surface area contributed by atoms with Gasteiger partial charge in [0.05, 0.1) is 17.9 Å². The summed E-state index contributed by atoms with van der Waals surface area (Å²) >= 11 is 0. The fraction of sp³-hybridized carbons (Fsp3) is 0.312. The van der Waals surface area contributed by atoms with Crippen molar-refractivity contribution in [1.82, 2.24) is 4.98 Å². The van der Waals surface area contributed by atoms with Crippen molar-refractivity contribution < 1.29 is 4.39 Å². The molecule has 0 saturated heterocycles. The highest BCUT2D eigenvalue weighted by molar-refractivity contribution is 5.49. The molecule has 4 heteroatoms. The van der Waals surface area contributed by atoms with Crippen molar-refractivity contribution in [2.24, 2.45) is 0 Å². The molecule has 1 atom stereocenters. The van der Waals surface area contributed by atoms with E-state index in [1.54, 1.807) is 18.3 Å². The van der Waals surface area contributed by atoms with E-state index in [0.29, 0.717) is 0 Å². The van der Waals surface area contributed by atoms with E-state index in [0.717, 1.165) is 23.5 Å². The lowest BCUT2D eigenvalue weighted by Gasteiger charge is -2.19. The molecule has 0 saturated carbocycles. The Morgan fingerprint density at radius 3 is 2.60 bits per heavy atom. The zero-order valence-corrected chi connectivity index (χ0v) is 12.1. The second-order valence-electron chi connectivity index (χ2n) is 4.96. The highest BCUT2D eigenvalue weighted by Gasteiger charge is 2.10. The first kappa shape index (κ1) is 14.3. The summed E-state index contributed by atoms with van der Waals surface area (Å²) in [7, 11) is 3.91. The minimum absolute atomic E-state index is 0.0812. The molecule has 1 N–H and O–H groups in total. The molecule has 0 radical (unpaired) electrons. The van der Waals surface area contributed by atoms with Crippen molar-refractivity contribution in [1.29, 1.82) is 0 Å². The molecule has 0 spiro atoms. The summed E-state index contributed by atoms with van der Waals surface area (Å²) in [6.45, 7) is 2.07. The predicted octanol–water partition coefficient (Wildman–Crippen LogP) is 3.85. The Morgan fingerprint density at radius 2 is 2.05 bits per heavy atom. The van der Waals surface area contributed by atoms with Gasteiger partial charge in [-0.3, -0.25) is 0 Å². The highest BCUT2D eigenvalue weighted by Crippen LogP contribution is 2.23. The topological polar surface area (TPSA) is 28.2 Å². The highest BCUT2D eigenvalue weighted by atomic mass is 19.1. The quantitative estimate of drug-likeness (QED) is 0.897. The lowest BCUT2D eigenvalue weighted by atomic mass is 10.0. The van der Waals surface area contributed by atoms with Gasteiger partial charge in [0, 0.05) is 14.1 Å². The monoisotopic (exact) mass is 273 g/mol. The summed E-state index contributed by atoms with van der Waals surface area (Å²) in [6, 6.07) is 10.7. The minimum atomic E-state index is -0.205. The van der Waals surface area contributed by atoms with E-state index < -0.39 is 0 Å². The normalized spacial score (nSPS) is 12.0. The van der Waals surface area contributed by atoms with Gasteiger partial charge in [0.2, 0.25) is 0 Å². The third-order valence-corrected chi connectivity index (χ3v) is 3.21. The molecular weight excluding hydrogens is 253 g/mol. The number of aromatic nitrogens is 1. The van der Waals surface area contributed by atoms with Crippen LogP contribution < -0.4 is 10.2 Å². The first-order valence-corrected chi connectivity index (χ1v) is 6.75. The molecule has 0 aliphatic rings. The Kier molecular flexibility index (Phi) is 4.56. The van der Waals surface area contributed by atoms with Gasteiger partial charge in [0.25, 0.3) is 0 Å². The molecule has 106 valence electrons. The van der Waals surface area contributed by atoms with E-state index in [2.05, 4.69) is 17.2 Å². The van der Waals surface area contributed by atoms with E-state index in [4.69, 9.17) is 0 Å². The molecule has 1 unspecified atom stereocenters. The van der Waals surface area contributed by atoms with Crippen LogP contribution in [-0.2, 0) is 0 Å². The van der Waals surface area contributed by atoms with Gasteiger partial charge in [-0.1, -0.05) is 19.1 Å². The van der Waals surface area contributed by atoms with E-state index >= 15 is 0 Å². The first-order valence-electron chi connectivity index (χ1n) is 6.75. The van der Waals surface area contributed by atoms with Crippen LogP contribution in [-0.4, -0.2) is 19.1 Å². The molecule has 1 aromatic carbocycles. The van der Waals surface area contributed by atoms with Crippen molar-refractivity contribution in [2.45, 2.75) is 19.4 Å². The second kappa shape index (κ2) is 6.37. The number of nitrogens with zero attached hydrogens (tertiary/aromatic N) is 2. The maximum absolute atomic E-state index is 13.3. The van der Waals surface area contributed by atoms with Crippen LogP contribution in [0.2, 0.25) is 0 Å². The summed E-state index contributed by atoms with van der Waals surface area (Å²) in [5.41, 5.74) is 1.89. The maximum Gasteiger partial charge on any atom is 0.128 e. The molecular formula is C16H20FN3.